The molecular formula is C19H17ClN6. The average molecular weight is 365 g/mol. The van der Waals surface area contributed by atoms with Crippen molar-refractivity contribution in [1.82, 2.24) is 29.3 Å². The molecule has 26 heavy (non-hydrogen) atoms. The molecule has 0 saturated carbocycles. The van der Waals surface area contributed by atoms with Crippen molar-refractivity contribution in [2.45, 2.75) is 26.4 Å². The van der Waals surface area contributed by atoms with Crippen LogP contribution in [0.3, 0.4) is 0 Å². The number of imidazole rings is 1. The highest BCUT2D eigenvalue weighted by Crippen LogP contribution is 2.26. The largest absolute Gasteiger partial charge is 0.329 e. The van der Waals surface area contributed by atoms with Gasteiger partial charge in [0.2, 0.25) is 0 Å². The van der Waals surface area contributed by atoms with E-state index < -0.39 is 0 Å². The Morgan fingerprint density at radius 1 is 1.19 bits per heavy atom. The number of hydrogen-bond acceptors (Lipinski definition) is 4. The van der Waals surface area contributed by atoms with Crippen LogP contribution in [0.1, 0.15) is 11.6 Å². The van der Waals surface area contributed by atoms with Crippen LogP contribution >= 0.6 is 11.6 Å². The molecule has 4 aromatic rings. The Morgan fingerprint density at radius 3 is 3.00 bits per heavy atom. The number of aromatic nitrogens is 6. The number of aryl methyl sites for hydroxylation is 1. The minimum atomic E-state index is 0.492. The second kappa shape index (κ2) is 5.92. The van der Waals surface area contributed by atoms with Gasteiger partial charge < -0.3 is 9.13 Å². The molecule has 1 atom stereocenters. The number of hydrogen-bond donors (Lipinski definition) is 0. The lowest BCUT2D eigenvalue weighted by atomic mass is 10.1. The molecule has 4 heterocycles. The molecule has 0 N–H and O–H groups in total. The predicted molar refractivity (Wildman–Crippen MR) is 99.9 cm³/mol. The molecule has 0 bridgehead atoms. The summed E-state index contributed by atoms with van der Waals surface area (Å²) in [5, 5.41) is 10.2. The number of pyridine rings is 1. The van der Waals surface area contributed by atoms with Crippen molar-refractivity contribution >= 4 is 22.5 Å². The predicted octanol–water partition coefficient (Wildman–Crippen LogP) is 3.52. The van der Waals surface area contributed by atoms with Crippen molar-refractivity contribution < 1.29 is 0 Å². The molecule has 1 aliphatic rings. The number of fused-ring (bicyclic) bond motifs is 2. The maximum atomic E-state index is 6.06. The van der Waals surface area contributed by atoms with Crippen LogP contribution in [0.5, 0.6) is 0 Å². The van der Waals surface area contributed by atoms with Gasteiger partial charge in [0.1, 0.15) is 17.3 Å². The van der Waals surface area contributed by atoms with E-state index in [0.717, 1.165) is 58.6 Å². The Hall–Kier alpha value is -2.73. The molecular weight excluding hydrogens is 348 g/mol. The minimum Gasteiger partial charge on any atom is -0.329 e. The average Bonchev–Trinajstić information content (AvgIpc) is 3.33. The SMILES string of the molecule is Cc1nnc2n1CC(Cn1ccnc1-c1ccc3cc(Cl)ccc3n1)C2. The van der Waals surface area contributed by atoms with Crippen LogP contribution in [0.15, 0.2) is 42.7 Å². The van der Waals surface area contributed by atoms with Crippen LogP contribution in [0, 0.1) is 12.8 Å². The van der Waals surface area contributed by atoms with Crippen LogP contribution in [0.2, 0.25) is 5.02 Å². The van der Waals surface area contributed by atoms with Gasteiger partial charge in [0.25, 0.3) is 0 Å². The first-order valence-corrected chi connectivity index (χ1v) is 9.02. The zero-order valence-corrected chi connectivity index (χ0v) is 15.1. The topological polar surface area (TPSA) is 61.4 Å². The van der Waals surface area contributed by atoms with Gasteiger partial charge in [-0.15, -0.1) is 10.2 Å². The molecule has 5 rings (SSSR count). The van der Waals surface area contributed by atoms with E-state index >= 15 is 0 Å². The van der Waals surface area contributed by atoms with Crippen LogP contribution in [-0.4, -0.2) is 29.3 Å². The Bertz CT molecular complexity index is 1110. The van der Waals surface area contributed by atoms with Gasteiger partial charge in [0.15, 0.2) is 5.82 Å². The van der Waals surface area contributed by atoms with Gasteiger partial charge in [0.05, 0.1) is 5.52 Å². The van der Waals surface area contributed by atoms with Crippen molar-refractivity contribution in [2.75, 3.05) is 0 Å². The number of halogens is 1. The maximum Gasteiger partial charge on any atom is 0.158 e. The smallest absolute Gasteiger partial charge is 0.158 e. The van der Waals surface area contributed by atoms with Crippen molar-refractivity contribution in [3.8, 4) is 11.5 Å². The van der Waals surface area contributed by atoms with E-state index in [-0.39, 0.29) is 0 Å². The van der Waals surface area contributed by atoms with Crippen LogP contribution < -0.4 is 0 Å². The van der Waals surface area contributed by atoms with Crippen molar-refractivity contribution in [2.24, 2.45) is 5.92 Å². The fourth-order valence-corrected chi connectivity index (χ4v) is 3.89. The van der Waals surface area contributed by atoms with Gasteiger partial charge in [-0.2, -0.15) is 0 Å². The fraction of sp³-hybridized carbons (Fsp3) is 0.263. The maximum absolute atomic E-state index is 6.06. The molecule has 1 aliphatic heterocycles. The van der Waals surface area contributed by atoms with E-state index in [2.05, 4.69) is 24.3 Å². The fourth-order valence-electron chi connectivity index (χ4n) is 3.71. The molecule has 0 spiro atoms. The summed E-state index contributed by atoms with van der Waals surface area (Å²) in [4.78, 5) is 9.31. The first-order valence-electron chi connectivity index (χ1n) is 8.64. The van der Waals surface area contributed by atoms with E-state index in [1.54, 1.807) is 0 Å². The van der Waals surface area contributed by atoms with Gasteiger partial charge in [-0.25, -0.2) is 9.97 Å². The molecule has 0 aliphatic carbocycles. The summed E-state index contributed by atoms with van der Waals surface area (Å²) >= 11 is 6.06. The van der Waals surface area contributed by atoms with Crippen molar-refractivity contribution in [3.05, 3.63) is 59.4 Å². The van der Waals surface area contributed by atoms with Crippen LogP contribution in [0.4, 0.5) is 0 Å². The molecule has 6 nitrogen and oxygen atoms in total. The second-order valence-corrected chi connectivity index (χ2v) is 7.22. The number of benzene rings is 1. The summed E-state index contributed by atoms with van der Waals surface area (Å²) in [6.07, 6.45) is 4.81. The molecule has 0 radical (unpaired) electrons. The van der Waals surface area contributed by atoms with E-state index in [0.29, 0.717) is 5.92 Å². The quantitative estimate of drug-likeness (QED) is 0.558. The van der Waals surface area contributed by atoms with Gasteiger partial charge in [0, 0.05) is 48.2 Å². The van der Waals surface area contributed by atoms with Crippen LogP contribution in [-0.2, 0) is 19.5 Å². The number of rotatable bonds is 3. The standard InChI is InChI=1S/C19H17ClN6/c1-12-23-24-18-8-13(11-26(12)18)10-25-7-6-21-19(25)17-4-2-14-9-15(20)3-5-16(14)22-17/h2-7,9,13H,8,10-11H2,1H3. The summed E-state index contributed by atoms with van der Waals surface area (Å²) in [5.74, 6) is 3.45. The summed E-state index contributed by atoms with van der Waals surface area (Å²) in [6, 6.07) is 9.79. The normalized spacial score (nSPS) is 16.3. The third-order valence-electron chi connectivity index (χ3n) is 4.98. The Labute approximate surface area is 155 Å². The molecule has 0 saturated heterocycles. The van der Waals surface area contributed by atoms with Crippen molar-refractivity contribution in [1.29, 1.82) is 0 Å². The lowest BCUT2D eigenvalue weighted by Crippen LogP contribution is -2.13. The highest BCUT2D eigenvalue weighted by molar-refractivity contribution is 6.31. The Balaban J connectivity index is 1.43. The third-order valence-corrected chi connectivity index (χ3v) is 5.21. The first kappa shape index (κ1) is 15.5. The Morgan fingerprint density at radius 2 is 2.12 bits per heavy atom. The van der Waals surface area contributed by atoms with Gasteiger partial charge in [-0.1, -0.05) is 17.7 Å². The molecule has 7 heteroatoms. The van der Waals surface area contributed by atoms with E-state index in [9.17, 15) is 0 Å². The minimum absolute atomic E-state index is 0.492. The second-order valence-electron chi connectivity index (χ2n) is 6.78. The summed E-state index contributed by atoms with van der Waals surface area (Å²) in [6.45, 7) is 3.85. The van der Waals surface area contributed by atoms with Gasteiger partial charge in [-0.3, -0.25) is 0 Å². The third kappa shape index (κ3) is 2.57. The zero-order chi connectivity index (χ0) is 17.7. The summed E-state index contributed by atoms with van der Waals surface area (Å²) < 4.78 is 4.39. The molecule has 1 unspecified atom stereocenters. The summed E-state index contributed by atoms with van der Waals surface area (Å²) in [7, 11) is 0. The highest BCUT2D eigenvalue weighted by Gasteiger charge is 2.25. The lowest BCUT2D eigenvalue weighted by molar-refractivity contribution is 0.431. The van der Waals surface area contributed by atoms with Crippen LogP contribution in [0.25, 0.3) is 22.4 Å². The molecule has 0 fully saturated rings. The number of nitrogens with zero attached hydrogens (tertiary/aromatic N) is 6. The molecule has 3 aromatic heterocycles. The lowest BCUT2D eigenvalue weighted by Gasteiger charge is -2.13. The van der Waals surface area contributed by atoms with E-state index in [1.807, 2.05) is 49.6 Å². The molecule has 130 valence electrons. The summed E-state index contributed by atoms with van der Waals surface area (Å²) in [5.41, 5.74) is 1.79. The molecule has 0 amide bonds. The zero-order valence-electron chi connectivity index (χ0n) is 14.3. The van der Waals surface area contributed by atoms with E-state index in [4.69, 9.17) is 16.6 Å². The Kier molecular flexibility index (Phi) is 3.53. The van der Waals surface area contributed by atoms with Gasteiger partial charge in [-0.05, 0) is 31.2 Å². The van der Waals surface area contributed by atoms with Gasteiger partial charge >= 0.3 is 0 Å². The van der Waals surface area contributed by atoms with E-state index in [1.165, 1.54) is 0 Å². The van der Waals surface area contributed by atoms with Crippen molar-refractivity contribution in [3.63, 3.8) is 0 Å². The monoisotopic (exact) mass is 364 g/mol. The first-order chi connectivity index (χ1) is 12.7. The highest BCUT2D eigenvalue weighted by atomic mass is 35.5. The molecule has 1 aromatic carbocycles.